The number of hydrogen-bond acceptors (Lipinski definition) is 1. The maximum Gasteiger partial charge on any atom is 0.0483 e. The average Bonchev–Trinajstić information content (AvgIpc) is 2.18. The molecule has 1 saturated carbocycles. The topological polar surface area (TPSA) is 20.2 Å². The fraction of sp³-hybridized carbons (Fsp3) is 1.00. The smallest absolute Gasteiger partial charge is 0.0483 e. The zero-order valence-electron chi connectivity index (χ0n) is 12.3. The summed E-state index contributed by atoms with van der Waals surface area (Å²) in [5, 5.41) is 8.06. The van der Waals surface area contributed by atoms with Gasteiger partial charge in [0.1, 0.15) is 0 Å². The van der Waals surface area contributed by atoms with Gasteiger partial charge in [0.2, 0.25) is 0 Å². The average molecular weight is 228 g/mol. The molecule has 0 aromatic rings. The molecule has 0 atom stereocenters. The maximum absolute atomic E-state index is 8.06. The molecule has 0 amide bonds. The molecular formula is C15H32O. The van der Waals surface area contributed by atoms with Crippen LogP contribution >= 0.6 is 0 Å². The summed E-state index contributed by atoms with van der Waals surface area (Å²) in [4.78, 5) is 0. The van der Waals surface area contributed by atoms with E-state index in [1.165, 1.54) is 38.5 Å². The lowest BCUT2D eigenvalue weighted by atomic mass is 9.63. The van der Waals surface area contributed by atoms with Gasteiger partial charge in [-0.15, -0.1) is 0 Å². The maximum atomic E-state index is 8.06. The van der Waals surface area contributed by atoms with E-state index in [0.29, 0.717) is 5.41 Å². The monoisotopic (exact) mass is 228 g/mol. The molecule has 0 spiro atoms. The molecular weight excluding hydrogens is 196 g/mol. The minimum absolute atomic E-state index is 0.167. The molecule has 0 aromatic heterocycles. The highest BCUT2D eigenvalue weighted by Crippen LogP contribution is 2.48. The third kappa shape index (κ3) is 5.89. The molecule has 0 aromatic carbocycles. The van der Waals surface area contributed by atoms with Gasteiger partial charge in [-0.25, -0.2) is 0 Å². The van der Waals surface area contributed by atoms with Crippen molar-refractivity contribution in [2.75, 3.05) is 0 Å². The Balaban J connectivity index is 0.000000487. The molecule has 0 unspecified atom stereocenters. The molecule has 1 aliphatic carbocycles. The van der Waals surface area contributed by atoms with Crippen LogP contribution in [0.25, 0.3) is 0 Å². The van der Waals surface area contributed by atoms with E-state index in [-0.39, 0.29) is 6.10 Å². The zero-order chi connectivity index (χ0) is 12.8. The lowest BCUT2D eigenvalue weighted by molar-refractivity contribution is 0.0930. The first-order valence-corrected chi connectivity index (χ1v) is 6.95. The summed E-state index contributed by atoms with van der Waals surface area (Å²) in [7, 11) is 0. The largest absolute Gasteiger partial charge is 0.394 e. The minimum Gasteiger partial charge on any atom is -0.394 e. The molecule has 1 heteroatoms. The first kappa shape index (κ1) is 16.0. The summed E-state index contributed by atoms with van der Waals surface area (Å²) in [5.74, 6) is 0. The Morgan fingerprint density at radius 3 is 1.50 bits per heavy atom. The predicted molar refractivity (Wildman–Crippen MR) is 72.6 cm³/mol. The molecule has 1 nitrogen and oxygen atoms in total. The van der Waals surface area contributed by atoms with Crippen molar-refractivity contribution >= 4 is 0 Å². The van der Waals surface area contributed by atoms with Gasteiger partial charge in [-0.3, -0.25) is 0 Å². The van der Waals surface area contributed by atoms with Crippen LogP contribution < -0.4 is 0 Å². The molecule has 1 aliphatic rings. The van der Waals surface area contributed by atoms with Crippen molar-refractivity contribution in [3.8, 4) is 0 Å². The standard InChI is InChI=1S/C12H24.C3H8O/c1-5-12(6-2)9-7-11(3,4)8-10-12;1-3(2)4/h5-10H2,1-4H3;3-4H,1-2H3. The molecule has 98 valence electrons. The van der Waals surface area contributed by atoms with Crippen LogP contribution in [0.5, 0.6) is 0 Å². The Bertz CT molecular complexity index is 163. The van der Waals surface area contributed by atoms with Gasteiger partial charge in [0.05, 0.1) is 0 Å². The molecule has 1 N–H and O–H groups in total. The van der Waals surface area contributed by atoms with Crippen LogP contribution in [0.3, 0.4) is 0 Å². The van der Waals surface area contributed by atoms with Crippen molar-refractivity contribution < 1.29 is 5.11 Å². The third-order valence-corrected chi connectivity index (χ3v) is 4.16. The Kier molecular flexibility index (Phi) is 6.62. The van der Waals surface area contributed by atoms with Crippen LogP contribution in [0.2, 0.25) is 0 Å². The molecule has 0 heterocycles. The van der Waals surface area contributed by atoms with E-state index in [1.807, 2.05) is 0 Å². The van der Waals surface area contributed by atoms with Gasteiger partial charge >= 0.3 is 0 Å². The summed E-state index contributed by atoms with van der Waals surface area (Å²) < 4.78 is 0. The lowest BCUT2D eigenvalue weighted by Crippen LogP contribution is -2.30. The van der Waals surface area contributed by atoms with Crippen LogP contribution in [-0.4, -0.2) is 11.2 Å². The van der Waals surface area contributed by atoms with Crippen LogP contribution in [-0.2, 0) is 0 Å². The van der Waals surface area contributed by atoms with Crippen LogP contribution in [0.15, 0.2) is 0 Å². The molecule has 1 rings (SSSR count). The highest BCUT2D eigenvalue weighted by molar-refractivity contribution is 4.87. The van der Waals surface area contributed by atoms with E-state index in [1.54, 1.807) is 13.8 Å². The fourth-order valence-electron chi connectivity index (χ4n) is 2.41. The Hall–Kier alpha value is -0.0400. The second-order valence-electron chi connectivity index (χ2n) is 6.47. The van der Waals surface area contributed by atoms with E-state index < -0.39 is 0 Å². The normalized spacial score (nSPS) is 22.5. The summed E-state index contributed by atoms with van der Waals surface area (Å²) in [6, 6.07) is 0. The first-order chi connectivity index (χ1) is 7.27. The fourth-order valence-corrected chi connectivity index (χ4v) is 2.41. The minimum atomic E-state index is -0.167. The van der Waals surface area contributed by atoms with E-state index in [9.17, 15) is 0 Å². The summed E-state index contributed by atoms with van der Waals surface area (Å²) in [6.45, 7) is 13.0. The quantitative estimate of drug-likeness (QED) is 0.721. The molecule has 0 saturated heterocycles. The number of rotatable bonds is 2. The van der Waals surface area contributed by atoms with Crippen LogP contribution in [0.1, 0.15) is 80.1 Å². The predicted octanol–water partition coefficient (Wildman–Crippen LogP) is 4.78. The summed E-state index contributed by atoms with van der Waals surface area (Å²) >= 11 is 0. The second kappa shape index (κ2) is 6.64. The highest BCUT2D eigenvalue weighted by atomic mass is 16.3. The van der Waals surface area contributed by atoms with Crippen LogP contribution in [0.4, 0.5) is 0 Å². The number of aliphatic hydroxyl groups excluding tert-OH is 1. The molecule has 16 heavy (non-hydrogen) atoms. The zero-order valence-corrected chi connectivity index (χ0v) is 12.3. The second-order valence-corrected chi connectivity index (χ2v) is 6.47. The number of hydrogen-bond donors (Lipinski definition) is 1. The van der Waals surface area contributed by atoms with Gasteiger partial charge in [0.15, 0.2) is 0 Å². The van der Waals surface area contributed by atoms with E-state index in [4.69, 9.17) is 5.11 Å². The van der Waals surface area contributed by atoms with Gasteiger partial charge in [-0.1, -0.05) is 40.5 Å². The molecule has 0 radical (unpaired) electrons. The van der Waals surface area contributed by atoms with E-state index in [0.717, 1.165) is 5.41 Å². The van der Waals surface area contributed by atoms with Crippen molar-refractivity contribution in [1.29, 1.82) is 0 Å². The van der Waals surface area contributed by atoms with Crippen molar-refractivity contribution in [2.24, 2.45) is 10.8 Å². The van der Waals surface area contributed by atoms with Crippen molar-refractivity contribution in [3.05, 3.63) is 0 Å². The SMILES string of the molecule is CC(C)O.CCC1(CC)CCC(C)(C)CC1. The van der Waals surface area contributed by atoms with Crippen LogP contribution in [0, 0.1) is 10.8 Å². The van der Waals surface area contributed by atoms with Gasteiger partial charge in [0, 0.05) is 6.10 Å². The first-order valence-electron chi connectivity index (χ1n) is 6.95. The van der Waals surface area contributed by atoms with Gasteiger partial charge in [0.25, 0.3) is 0 Å². The summed E-state index contributed by atoms with van der Waals surface area (Å²) in [5.41, 5.74) is 1.35. The van der Waals surface area contributed by atoms with Crippen molar-refractivity contribution in [3.63, 3.8) is 0 Å². The molecule has 0 bridgehead atoms. The van der Waals surface area contributed by atoms with Gasteiger partial charge in [-0.05, 0) is 50.4 Å². The van der Waals surface area contributed by atoms with E-state index >= 15 is 0 Å². The molecule has 0 aliphatic heterocycles. The van der Waals surface area contributed by atoms with Gasteiger partial charge in [-0.2, -0.15) is 0 Å². The Morgan fingerprint density at radius 2 is 1.25 bits per heavy atom. The number of aliphatic hydroxyl groups is 1. The van der Waals surface area contributed by atoms with Gasteiger partial charge < -0.3 is 5.11 Å². The molecule has 1 fully saturated rings. The van der Waals surface area contributed by atoms with Crippen molar-refractivity contribution in [1.82, 2.24) is 0 Å². The lowest BCUT2D eigenvalue weighted by Gasteiger charge is -2.43. The van der Waals surface area contributed by atoms with Crippen molar-refractivity contribution in [2.45, 2.75) is 86.2 Å². The summed E-state index contributed by atoms with van der Waals surface area (Å²) in [6.07, 6.45) is 8.42. The van der Waals surface area contributed by atoms with E-state index in [2.05, 4.69) is 27.7 Å². The highest BCUT2D eigenvalue weighted by Gasteiger charge is 2.35. The Labute approximate surface area is 103 Å². The third-order valence-electron chi connectivity index (χ3n) is 4.16. The Morgan fingerprint density at radius 1 is 0.938 bits per heavy atom.